The van der Waals surface area contributed by atoms with Gasteiger partial charge in [-0.1, -0.05) is 19.1 Å². The minimum absolute atomic E-state index is 0.0387. The van der Waals surface area contributed by atoms with E-state index in [1.54, 1.807) is 6.07 Å². The zero-order valence-electron chi connectivity index (χ0n) is 21.0. The van der Waals surface area contributed by atoms with Crippen molar-refractivity contribution in [3.05, 3.63) is 53.1 Å². The lowest BCUT2D eigenvalue weighted by Crippen LogP contribution is -2.50. The molecule has 0 saturated carbocycles. The molecule has 2 heterocycles. The number of nitrogens with zero attached hydrogens (tertiary/aromatic N) is 1. The fourth-order valence-corrected chi connectivity index (χ4v) is 6.77. The van der Waals surface area contributed by atoms with Crippen LogP contribution in [0.2, 0.25) is 0 Å². The molecule has 0 aliphatic carbocycles. The van der Waals surface area contributed by atoms with Crippen LogP contribution in [0.3, 0.4) is 0 Å². The topological polar surface area (TPSA) is 82.1 Å². The molecule has 8 heteroatoms. The van der Waals surface area contributed by atoms with Crippen molar-refractivity contribution in [1.29, 1.82) is 0 Å². The first kappa shape index (κ1) is 25.5. The van der Waals surface area contributed by atoms with Crippen LogP contribution in [0.4, 0.5) is 5.69 Å². The third-order valence-corrected chi connectivity index (χ3v) is 9.06. The predicted molar refractivity (Wildman–Crippen MR) is 135 cm³/mol. The monoisotopic (exact) mass is 501 g/mol. The average Bonchev–Trinajstić information content (AvgIpc) is 2.86. The number of ether oxygens (including phenoxy) is 3. The maximum absolute atomic E-state index is 14.0. The molecule has 35 heavy (non-hydrogen) atoms. The van der Waals surface area contributed by atoms with Gasteiger partial charge in [-0.2, -0.15) is 0 Å². The van der Waals surface area contributed by atoms with E-state index in [2.05, 4.69) is 13.0 Å². The Labute approximate surface area is 208 Å². The number of esters is 1. The Morgan fingerprint density at radius 3 is 2.57 bits per heavy atom. The normalized spacial score (nSPS) is 18.1. The highest BCUT2D eigenvalue weighted by Gasteiger charge is 2.41. The van der Waals surface area contributed by atoms with E-state index >= 15 is 0 Å². The van der Waals surface area contributed by atoms with E-state index in [-0.39, 0.29) is 10.5 Å². The molecule has 0 radical (unpaired) electrons. The Hall–Kier alpha value is -2.58. The number of methoxy groups -OCH3 is 1. The van der Waals surface area contributed by atoms with Crippen molar-refractivity contribution in [1.82, 2.24) is 0 Å². The quantitative estimate of drug-likeness (QED) is 0.509. The highest BCUT2D eigenvalue weighted by Crippen LogP contribution is 2.41. The summed E-state index contributed by atoms with van der Waals surface area (Å²) in [4.78, 5) is 12.6. The minimum Gasteiger partial charge on any atom is -0.492 e. The Morgan fingerprint density at radius 2 is 1.89 bits per heavy atom. The molecule has 0 spiro atoms. The first-order valence-corrected chi connectivity index (χ1v) is 13.7. The van der Waals surface area contributed by atoms with Gasteiger partial charge in [-0.25, -0.2) is 13.2 Å². The van der Waals surface area contributed by atoms with Crippen LogP contribution in [0, 0.1) is 5.92 Å². The fraction of sp³-hybridized carbons (Fsp3) is 0.519. The number of hydrogen-bond donors (Lipinski definition) is 0. The molecule has 0 N–H and O–H groups in total. The van der Waals surface area contributed by atoms with Crippen LogP contribution in [0.15, 0.2) is 41.3 Å². The van der Waals surface area contributed by atoms with E-state index in [0.29, 0.717) is 43.6 Å². The molecule has 0 atom stereocenters. The maximum Gasteiger partial charge on any atom is 0.341 e. The van der Waals surface area contributed by atoms with Crippen molar-refractivity contribution in [2.75, 3.05) is 31.2 Å². The van der Waals surface area contributed by atoms with Crippen molar-refractivity contribution < 1.29 is 27.4 Å². The lowest BCUT2D eigenvalue weighted by atomic mass is 9.88. The zero-order valence-corrected chi connectivity index (χ0v) is 21.8. The third-order valence-electron chi connectivity index (χ3n) is 7.04. The van der Waals surface area contributed by atoms with Gasteiger partial charge in [-0.15, -0.1) is 0 Å². The predicted octanol–water partition coefficient (Wildman–Crippen LogP) is 4.76. The van der Waals surface area contributed by atoms with E-state index in [9.17, 15) is 13.2 Å². The number of rotatable bonds is 7. The lowest BCUT2D eigenvalue weighted by Gasteiger charge is -2.44. The van der Waals surface area contributed by atoms with Gasteiger partial charge in [0.05, 0.1) is 29.8 Å². The molecule has 2 aromatic rings. The van der Waals surface area contributed by atoms with Gasteiger partial charge in [0.1, 0.15) is 11.3 Å². The second-order valence-corrected chi connectivity index (χ2v) is 11.7. The number of benzene rings is 2. The molecule has 0 bridgehead atoms. The Morgan fingerprint density at radius 1 is 1.14 bits per heavy atom. The molecule has 190 valence electrons. The highest BCUT2D eigenvalue weighted by atomic mass is 32.2. The van der Waals surface area contributed by atoms with Gasteiger partial charge < -0.3 is 14.2 Å². The number of aryl methyl sites for hydroxylation is 2. The second kappa shape index (κ2) is 10.2. The van der Waals surface area contributed by atoms with Crippen LogP contribution in [-0.4, -0.2) is 46.9 Å². The number of fused-ring (bicyclic) bond motifs is 1. The van der Waals surface area contributed by atoms with Crippen LogP contribution in [0.1, 0.15) is 61.5 Å². The van der Waals surface area contributed by atoms with Crippen molar-refractivity contribution in [3.63, 3.8) is 0 Å². The molecule has 0 amide bonds. The Balaban J connectivity index is 1.71. The number of sulfonamides is 1. The standard InChI is InChI=1S/C27H35NO6S/c1-5-19-6-8-24-21(16-19)10-13-27(2,3)28(24)35(30,31)22-7-9-25(23(17-22)26(29)32-4)34-18-20-11-14-33-15-12-20/h6-9,16-17,20H,5,10-15,18H2,1-4H3. The molecular weight excluding hydrogens is 466 g/mol. The van der Waals surface area contributed by atoms with Crippen LogP contribution in [-0.2, 0) is 32.3 Å². The minimum atomic E-state index is -3.97. The molecule has 2 aliphatic rings. The first-order chi connectivity index (χ1) is 16.7. The van der Waals surface area contributed by atoms with Crippen molar-refractivity contribution >= 4 is 21.7 Å². The summed E-state index contributed by atoms with van der Waals surface area (Å²) < 4.78 is 45.9. The molecule has 1 saturated heterocycles. The van der Waals surface area contributed by atoms with Crippen LogP contribution in [0.25, 0.3) is 0 Å². The van der Waals surface area contributed by atoms with Gasteiger partial charge in [0, 0.05) is 13.2 Å². The summed E-state index contributed by atoms with van der Waals surface area (Å²) in [6.07, 6.45) is 4.19. The van der Waals surface area contributed by atoms with E-state index in [1.807, 2.05) is 26.0 Å². The molecule has 2 aromatic carbocycles. The second-order valence-electron chi connectivity index (χ2n) is 9.91. The molecule has 0 unspecified atom stereocenters. The summed E-state index contributed by atoms with van der Waals surface area (Å²) in [7, 11) is -2.69. The first-order valence-electron chi connectivity index (χ1n) is 12.3. The summed E-state index contributed by atoms with van der Waals surface area (Å²) in [6.45, 7) is 7.79. The number of carbonyl (C=O) groups excluding carboxylic acids is 1. The highest BCUT2D eigenvalue weighted by molar-refractivity contribution is 7.93. The zero-order chi connectivity index (χ0) is 25.2. The molecule has 2 aliphatic heterocycles. The van der Waals surface area contributed by atoms with Gasteiger partial charge in [0.2, 0.25) is 0 Å². The van der Waals surface area contributed by atoms with Gasteiger partial charge >= 0.3 is 5.97 Å². The van der Waals surface area contributed by atoms with Crippen LogP contribution < -0.4 is 9.04 Å². The molecular formula is C27H35NO6S. The van der Waals surface area contributed by atoms with E-state index < -0.39 is 21.5 Å². The molecule has 7 nitrogen and oxygen atoms in total. The van der Waals surface area contributed by atoms with E-state index in [0.717, 1.165) is 31.2 Å². The SMILES string of the molecule is CCc1ccc2c(c1)CCC(C)(C)N2S(=O)(=O)c1ccc(OCC2CCOCC2)c(C(=O)OC)c1. The van der Waals surface area contributed by atoms with Gasteiger partial charge in [0.15, 0.2) is 0 Å². The van der Waals surface area contributed by atoms with Crippen molar-refractivity contribution in [3.8, 4) is 5.75 Å². The fourth-order valence-electron chi connectivity index (χ4n) is 4.87. The van der Waals surface area contributed by atoms with Gasteiger partial charge in [-0.3, -0.25) is 4.31 Å². The van der Waals surface area contributed by atoms with Gasteiger partial charge in [0.25, 0.3) is 10.0 Å². The molecule has 1 fully saturated rings. The van der Waals surface area contributed by atoms with Crippen molar-refractivity contribution in [2.24, 2.45) is 5.92 Å². The molecule has 4 rings (SSSR count). The van der Waals surface area contributed by atoms with Crippen LogP contribution >= 0.6 is 0 Å². The van der Waals surface area contributed by atoms with Crippen LogP contribution in [0.5, 0.6) is 5.75 Å². The smallest absolute Gasteiger partial charge is 0.341 e. The van der Waals surface area contributed by atoms with E-state index in [4.69, 9.17) is 14.2 Å². The Bertz CT molecular complexity index is 1180. The average molecular weight is 502 g/mol. The summed E-state index contributed by atoms with van der Waals surface area (Å²) in [5, 5.41) is 0. The molecule has 0 aromatic heterocycles. The number of anilines is 1. The Kier molecular flexibility index (Phi) is 7.43. The van der Waals surface area contributed by atoms with E-state index in [1.165, 1.54) is 29.1 Å². The summed E-state index contributed by atoms with van der Waals surface area (Å²) in [5.74, 6) is 0.0272. The summed E-state index contributed by atoms with van der Waals surface area (Å²) in [5.41, 5.74) is 2.38. The summed E-state index contributed by atoms with van der Waals surface area (Å²) >= 11 is 0. The lowest BCUT2D eigenvalue weighted by molar-refractivity contribution is 0.0483. The number of hydrogen-bond acceptors (Lipinski definition) is 6. The largest absolute Gasteiger partial charge is 0.492 e. The van der Waals surface area contributed by atoms with Gasteiger partial charge in [-0.05, 0) is 87.3 Å². The van der Waals surface area contributed by atoms with Crippen molar-refractivity contribution in [2.45, 2.75) is 63.3 Å². The maximum atomic E-state index is 14.0. The summed E-state index contributed by atoms with van der Waals surface area (Å²) in [6, 6.07) is 10.4. The number of carbonyl (C=O) groups is 1. The third kappa shape index (κ3) is 5.19.